The first-order chi connectivity index (χ1) is 14.5. The van der Waals surface area contributed by atoms with Crippen molar-refractivity contribution >= 4 is 40.0 Å². The number of thiol groups is 1. The molecule has 0 aliphatic carbocycles. The van der Waals surface area contributed by atoms with Crippen LogP contribution in [0.5, 0.6) is 5.75 Å². The van der Waals surface area contributed by atoms with Crippen molar-refractivity contribution in [1.82, 2.24) is 4.57 Å². The van der Waals surface area contributed by atoms with Gasteiger partial charge in [0.05, 0.1) is 12.0 Å². The number of fused-ring (bicyclic) bond motifs is 1. The van der Waals surface area contributed by atoms with E-state index in [9.17, 15) is 4.79 Å². The van der Waals surface area contributed by atoms with E-state index in [-0.39, 0.29) is 5.78 Å². The van der Waals surface area contributed by atoms with Crippen molar-refractivity contribution in [3.63, 3.8) is 0 Å². The van der Waals surface area contributed by atoms with Crippen LogP contribution in [0.15, 0.2) is 71.6 Å². The third-order valence-electron chi connectivity index (χ3n) is 4.69. The number of nitrogens with zero attached hydrogens (tertiary/aromatic N) is 1. The molecule has 4 rings (SSSR count). The number of ether oxygens (including phenoxy) is 1. The number of aromatic nitrogens is 1. The second kappa shape index (κ2) is 10.5. The number of carbonyl (C=O) groups excluding carboxylic acids is 1. The van der Waals surface area contributed by atoms with Crippen LogP contribution in [0.1, 0.15) is 27.3 Å². The van der Waals surface area contributed by atoms with E-state index in [1.54, 1.807) is 30.6 Å². The van der Waals surface area contributed by atoms with Crippen LogP contribution in [-0.2, 0) is 6.54 Å². The lowest BCUT2D eigenvalue weighted by molar-refractivity contribution is 0.104. The van der Waals surface area contributed by atoms with Crippen LogP contribution in [-0.4, -0.2) is 24.0 Å². The molecule has 0 bridgehead atoms. The minimum absolute atomic E-state index is 0.0527. The standard InChI is InChI=1S/C18H20N2O2S.C6H6S/c1-12-10-14-11-16(23-18(14)20(12)9-3-8-19)17(21)13-4-6-15(22-2)7-5-13;7-6-4-2-1-3-5-6/h4-7,10-11H,3,8-9,19H2,1-2H3;1-5,7H. The van der Waals surface area contributed by atoms with Gasteiger partial charge in [0.15, 0.2) is 0 Å². The smallest absolute Gasteiger partial charge is 0.203 e. The van der Waals surface area contributed by atoms with E-state index in [1.807, 2.05) is 48.5 Å². The Morgan fingerprint density at radius 1 is 1.10 bits per heavy atom. The molecule has 0 atom stereocenters. The van der Waals surface area contributed by atoms with E-state index in [0.717, 1.165) is 38.7 Å². The first-order valence-corrected chi connectivity index (χ1v) is 11.0. The minimum atomic E-state index is 0.0527. The molecule has 0 saturated heterocycles. The van der Waals surface area contributed by atoms with E-state index >= 15 is 0 Å². The zero-order valence-corrected chi connectivity index (χ0v) is 18.9. The number of methoxy groups -OCH3 is 1. The largest absolute Gasteiger partial charge is 0.497 e. The van der Waals surface area contributed by atoms with E-state index in [1.165, 1.54) is 5.69 Å². The number of aryl methyl sites for hydroxylation is 2. The second-order valence-electron chi connectivity index (χ2n) is 6.84. The maximum Gasteiger partial charge on any atom is 0.203 e. The number of nitrogens with two attached hydrogens (primary N) is 1. The SMILES string of the molecule is COc1ccc(C(=O)c2cc3cc(C)n(CCCN)c3s2)cc1.Sc1ccccc1. The van der Waals surface area contributed by atoms with Crippen LogP contribution in [0.3, 0.4) is 0 Å². The molecule has 0 unspecified atom stereocenters. The molecule has 0 aliphatic rings. The molecule has 2 aromatic carbocycles. The number of hydrogen-bond acceptors (Lipinski definition) is 5. The number of rotatable bonds is 6. The van der Waals surface area contributed by atoms with Gasteiger partial charge in [-0.1, -0.05) is 18.2 Å². The van der Waals surface area contributed by atoms with Crippen molar-refractivity contribution in [3.05, 3.63) is 82.9 Å². The Bertz CT molecular complexity index is 1100. The molecule has 4 nitrogen and oxygen atoms in total. The van der Waals surface area contributed by atoms with Crippen LogP contribution >= 0.6 is 24.0 Å². The van der Waals surface area contributed by atoms with Crippen molar-refractivity contribution in [2.45, 2.75) is 24.8 Å². The molecule has 156 valence electrons. The van der Waals surface area contributed by atoms with Crippen molar-refractivity contribution in [2.24, 2.45) is 5.73 Å². The molecular formula is C24H26N2O2S2. The fourth-order valence-electron chi connectivity index (χ4n) is 3.12. The lowest BCUT2D eigenvalue weighted by Gasteiger charge is -2.05. The van der Waals surface area contributed by atoms with Gasteiger partial charge in [-0.25, -0.2) is 0 Å². The third-order valence-corrected chi connectivity index (χ3v) is 6.16. The quantitative estimate of drug-likeness (QED) is 0.305. The second-order valence-corrected chi connectivity index (χ2v) is 8.39. The van der Waals surface area contributed by atoms with Crippen LogP contribution in [0.25, 0.3) is 10.2 Å². The van der Waals surface area contributed by atoms with Gasteiger partial charge in [-0.2, -0.15) is 0 Å². The fourth-order valence-corrected chi connectivity index (χ4v) is 4.48. The van der Waals surface area contributed by atoms with Crippen molar-refractivity contribution < 1.29 is 9.53 Å². The minimum Gasteiger partial charge on any atom is -0.497 e. The number of carbonyl (C=O) groups is 1. The van der Waals surface area contributed by atoms with Gasteiger partial charge < -0.3 is 15.0 Å². The van der Waals surface area contributed by atoms with Crippen molar-refractivity contribution in [2.75, 3.05) is 13.7 Å². The lowest BCUT2D eigenvalue weighted by Crippen LogP contribution is -2.06. The van der Waals surface area contributed by atoms with Crippen LogP contribution in [0.2, 0.25) is 0 Å². The summed E-state index contributed by atoms with van der Waals surface area (Å²) in [7, 11) is 1.62. The lowest BCUT2D eigenvalue weighted by atomic mass is 10.1. The van der Waals surface area contributed by atoms with Gasteiger partial charge >= 0.3 is 0 Å². The molecule has 4 aromatic rings. The molecule has 0 amide bonds. The van der Waals surface area contributed by atoms with Gasteiger partial charge in [-0.05, 0) is 68.4 Å². The molecule has 0 spiro atoms. The van der Waals surface area contributed by atoms with Crippen LogP contribution < -0.4 is 10.5 Å². The predicted molar refractivity (Wildman–Crippen MR) is 128 cm³/mol. The Morgan fingerprint density at radius 3 is 2.37 bits per heavy atom. The highest BCUT2D eigenvalue weighted by Gasteiger charge is 2.16. The van der Waals surface area contributed by atoms with Crippen molar-refractivity contribution in [1.29, 1.82) is 0 Å². The van der Waals surface area contributed by atoms with Gasteiger partial charge in [-0.15, -0.1) is 24.0 Å². The van der Waals surface area contributed by atoms with Gasteiger partial charge in [0, 0.05) is 28.1 Å². The van der Waals surface area contributed by atoms with Gasteiger partial charge in [0.2, 0.25) is 5.78 Å². The Hall–Kier alpha value is -2.54. The third kappa shape index (κ3) is 5.33. The summed E-state index contributed by atoms with van der Waals surface area (Å²) in [5, 5.41) is 1.13. The molecular weight excluding hydrogens is 412 g/mol. The summed E-state index contributed by atoms with van der Waals surface area (Å²) in [6.07, 6.45) is 0.935. The molecule has 0 fully saturated rings. The van der Waals surface area contributed by atoms with E-state index in [2.05, 4.69) is 30.2 Å². The maximum absolute atomic E-state index is 12.7. The normalized spacial score (nSPS) is 10.5. The Morgan fingerprint density at radius 2 is 1.80 bits per heavy atom. The summed E-state index contributed by atoms with van der Waals surface area (Å²) < 4.78 is 7.38. The summed E-state index contributed by atoms with van der Waals surface area (Å²) in [4.78, 5) is 15.6. The summed E-state index contributed by atoms with van der Waals surface area (Å²) in [5.41, 5.74) is 7.51. The van der Waals surface area contributed by atoms with Gasteiger partial charge in [-0.3, -0.25) is 4.79 Å². The number of benzene rings is 2. The Labute approximate surface area is 186 Å². The zero-order valence-electron chi connectivity index (χ0n) is 17.2. The van der Waals surface area contributed by atoms with Crippen LogP contribution in [0, 0.1) is 6.92 Å². The molecule has 0 saturated carbocycles. The number of hydrogen-bond donors (Lipinski definition) is 2. The Kier molecular flexibility index (Phi) is 7.74. The van der Waals surface area contributed by atoms with E-state index < -0.39 is 0 Å². The first-order valence-electron chi connectivity index (χ1n) is 9.76. The molecule has 6 heteroatoms. The van der Waals surface area contributed by atoms with Gasteiger partial charge in [0.25, 0.3) is 0 Å². The molecule has 2 heterocycles. The number of thiophene rings is 1. The van der Waals surface area contributed by atoms with Gasteiger partial charge in [0.1, 0.15) is 10.6 Å². The summed E-state index contributed by atoms with van der Waals surface area (Å²) in [6.45, 7) is 3.65. The number of ketones is 1. The zero-order chi connectivity index (χ0) is 21.5. The summed E-state index contributed by atoms with van der Waals surface area (Å²) in [5.74, 6) is 0.804. The molecule has 2 aromatic heterocycles. The predicted octanol–water partition coefficient (Wildman–Crippen LogP) is 5.57. The summed E-state index contributed by atoms with van der Waals surface area (Å²) >= 11 is 5.63. The molecule has 30 heavy (non-hydrogen) atoms. The average Bonchev–Trinajstić information content (AvgIpc) is 3.30. The Balaban J connectivity index is 0.000000310. The monoisotopic (exact) mass is 438 g/mol. The van der Waals surface area contributed by atoms with E-state index in [0.29, 0.717) is 12.1 Å². The molecule has 0 radical (unpaired) electrons. The average molecular weight is 439 g/mol. The highest BCUT2D eigenvalue weighted by atomic mass is 32.1. The fraction of sp³-hybridized carbons (Fsp3) is 0.208. The van der Waals surface area contributed by atoms with E-state index in [4.69, 9.17) is 10.5 Å². The maximum atomic E-state index is 12.7. The molecule has 2 N–H and O–H groups in total. The summed E-state index contributed by atoms with van der Waals surface area (Å²) in [6, 6.07) is 21.1. The highest BCUT2D eigenvalue weighted by molar-refractivity contribution is 7.80. The molecule has 0 aliphatic heterocycles. The van der Waals surface area contributed by atoms with Crippen molar-refractivity contribution in [3.8, 4) is 5.75 Å². The highest BCUT2D eigenvalue weighted by Crippen LogP contribution is 2.31. The first kappa shape index (κ1) is 22.2. The van der Waals surface area contributed by atoms with Crippen LogP contribution in [0.4, 0.5) is 0 Å². The topological polar surface area (TPSA) is 57.2 Å².